The zero-order chi connectivity index (χ0) is 38.2. The molecule has 2 heterocycles. The first-order valence-electron chi connectivity index (χ1n) is 22.4. The van der Waals surface area contributed by atoms with Crippen molar-refractivity contribution in [2.24, 2.45) is 0 Å². The van der Waals surface area contributed by atoms with Gasteiger partial charge in [-0.3, -0.25) is 9.88 Å². The average molecular weight is 753 g/mol. The van der Waals surface area contributed by atoms with Crippen molar-refractivity contribution in [3.63, 3.8) is 0 Å². The molecule has 304 valence electrons. The maximum atomic E-state index is 10.2. The van der Waals surface area contributed by atoms with Crippen LogP contribution in [0.25, 0.3) is 0 Å². The summed E-state index contributed by atoms with van der Waals surface area (Å²) in [6, 6.07) is 4.79. The van der Waals surface area contributed by atoms with Crippen LogP contribution in [0.2, 0.25) is 0 Å². The van der Waals surface area contributed by atoms with E-state index in [1.807, 2.05) is 18.5 Å². The third kappa shape index (κ3) is 40.3. The van der Waals surface area contributed by atoms with Crippen molar-refractivity contribution in [1.82, 2.24) is 9.88 Å². The Morgan fingerprint density at radius 1 is 0.585 bits per heavy atom. The van der Waals surface area contributed by atoms with Crippen LogP contribution in [0.15, 0.2) is 24.5 Å². The first-order valence-corrected chi connectivity index (χ1v) is 22.4. The molecule has 0 aliphatic carbocycles. The van der Waals surface area contributed by atoms with Crippen molar-refractivity contribution in [2.75, 3.05) is 13.6 Å². The first-order chi connectivity index (χ1) is 25.4. The van der Waals surface area contributed by atoms with Gasteiger partial charge in [-0.05, 0) is 63.7 Å². The number of aliphatic carboxylic acids is 2. The molecular formula is C46H84MgN2O4. The van der Waals surface area contributed by atoms with Crippen LogP contribution in [0, 0.1) is 0 Å². The van der Waals surface area contributed by atoms with Crippen LogP contribution < -0.4 is 10.2 Å². The number of carboxylic acids is 2. The summed E-state index contributed by atoms with van der Waals surface area (Å²) in [6.45, 7) is 5.76. The molecule has 7 heteroatoms. The van der Waals surface area contributed by atoms with Gasteiger partial charge >= 0.3 is 23.1 Å². The predicted octanol–water partition coefficient (Wildman–Crippen LogP) is 11.5. The van der Waals surface area contributed by atoms with Crippen molar-refractivity contribution >= 4 is 35.0 Å². The van der Waals surface area contributed by atoms with Gasteiger partial charge in [-0.2, -0.15) is 0 Å². The standard InChI is InChI=1S/2C18H36O2.C10H14N2.Mg/c2*1-2-3-4-5-6-7-8-9-10-11-12-13-14-15-16-17-18(19)20;1-12-7-3-5-10(12)9-4-2-6-11-8-9;/h2*2-17H2,1H3,(H,19,20);2,4,6,8,10H,3,5,7H2,1H3;/q;;;+2/p-2. The van der Waals surface area contributed by atoms with E-state index in [0.717, 1.165) is 25.7 Å². The van der Waals surface area contributed by atoms with Gasteiger partial charge in [-0.1, -0.05) is 200 Å². The second kappa shape index (κ2) is 43.5. The summed E-state index contributed by atoms with van der Waals surface area (Å²) in [5, 5.41) is 20.4. The summed E-state index contributed by atoms with van der Waals surface area (Å²) in [5.74, 6) is -1.81. The largest absolute Gasteiger partial charge is 2.00 e. The number of hydrogen-bond acceptors (Lipinski definition) is 6. The van der Waals surface area contributed by atoms with Crippen molar-refractivity contribution in [1.29, 1.82) is 0 Å². The van der Waals surface area contributed by atoms with Gasteiger partial charge in [0.25, 0.3) is 0 Å². The number of aromatic nitrogens is 1. The number of likely N-dealkylation sites (tertiary alicyclic amines) is 1. The number of pyridine rings is 1. The molecule has 53 heavy (non-hydrogen) atoms. The Hall–Kier alpha value is -1.18. The van der Waals surface area contributed by atoms with Gasteiger partial charge in [0.2, 0.25) is 0 Å². The Morgan fingerprint density at radius 3 is 1.15 bits per heavy atom. The second-order valence-electron chi connectivity index (χ2n) is 15.6. The Kier molecular flexibility index (Phi) is 44.3. The number of carbonyl (C=O) groups excluding carboxylic acids is 2. The van der Waals surface area contributed by atoms with E-state index in [-0.39, 0.29) is 35.9 Å². The van der Waals surface area contributed by atoms with E-state index in [2.05, 4.69) is 36.8 Å². The van der Waals surface area contributed by atoms with Crippen molar-refractivity contribution in [3.05, 3.63) is 30.1 Å². The topological polar surface area (TPSA) is 96.4 Å². The van der Waals surface area contributed by atoms with Gasteiger partial charge in [-0.25, -0.2) is 0 Å². The van der Waals surface area contributed by atoms with Gasteiger partial charge in [0.05, 0.1) is 0 Å². The number of unbranched alkanes of at least 4 members (excludes halogenated alkanes) is 28. The minimum Gasteiger partial charge on any atom is -0.550 e. The molecule has 1 atom stereocenters. The van der Waals surface area contributed by atoms with Gasteiger partial charge in [0.1, 0.15) is 0 Å². The van der Waals surface area contributed by atoms with Crippen LogP contribution in [0.5, 0.6) is 0 Å². The molecular weight excluding hydrogens is 669 g/mol. The molecule has 0 aromatic carbocycles. The molecule has 1 unspecified atom stereocenters. The van der Waals surface area contributed by atoms with Crippen LogP contribution >= 0.6 is 0 Å². The van der Waals surface area contributed by atoms with Crippen LogP contribution in [0.3, 0.4) is 0 Å². The second-order valence-corrected chi connectivity index (χ2v) is 15.6. The van der Waals surface area contributed by atoms with Crippen LogP contribution in [0.1, 0.15) is 244 Å². The molecule has 0 N–H and O–H groups in total. The van der Waals surface area contributed by atoms with E-state index in [9.17, 15) is 19.8 Å². The fourth-order valence-electron chi connectivity index (χ4n) is 7.19. The predicted molar refractivity (Wildman–Crippen MR) is 224 cm³/mol. The Labute approximate surface area is 345 Å². The molecule has 6 nitrogen and oxygen atoms in total. The summed E-state index contributed by atoms with van der Waals surface area (Å²) in [4.78, 5) is 27.0. The molecule has 1 saturated heterocycles. The molecule has 1 aliphatic heterocycles. The minimum atomic E-state index is -0.903. The Bertz CT molecular complexity index is 844. The number of rotatable bonds is 33. The third-order valence-corrected chi connectivity index (χ3v) is 10.6. The average Bonchev–Trinajstić information content (AvgIpc) is 3.58. The molecule has 1 aliphatic rings. The molecule has 2 rings (SSSR count). The summed E-state index contributed by atoms with van der Waals surface area (Å²) < 4.78 is 0. The van der Waals surface area contributed by atoms with Crippen LogP contribution in [0.4, 0.5) is 0 Å². The first kappa shape index (κ1) is 53.9. The molecule has 0 radical (unpaired) electrons. The van der Waals surface area contributed by atoms with Crippen molar-refractivity contribution in [2.45, 2.75) is 238 Å². The minimum absolute atomic E-state index is 0. The SMILES string of the molecule is CCCCCCCCCCCCCCCCCC(=O)[O-].CCCCCCCCCCCCCCCCCC(=O)[O-].CN1CCCC1c1cccnc1.[Mg+2]. The van der Waals surface area contributed by atoms with Crippen LogP contribution in [-0.4, -0.2) is 58.5 Å². The van der Waals surface area contributed by atoms with E-state index in [1.165, 1.54) is 192 Å². The smallest absolute Gasteiger partial charge is 0.550 e. The van der Waals surface area contributed by atoms with Crippen molar-refractivity contribution in [3.8, 4) is 0 Å². The Balaban J connectivity index is 0. The number of carboxylic acid groups (broad SMARTS) is 2. The third-order valence-electron chi connectivity index (χ3n) is 10.6. The molecule has 0 amide bonds. The fourth-order valence-corrected chi connectivity index (χ4v) is 7.19. The Morgan fingerprint density at radius 2 is 0.906 bits per heavy atom. The maximum Gasteiger partial charge on any atom is 2.00 e. The molecule has 0 bridgehead atoms. The van der Waals surface area contributed by atoms with Gasteiger partial charge in [0, 0.05) is 30.4 Å². The van der Waals surface area contributed by atoms with E-state index in [1.54, 1.807) is 0 Å². The normalized spacial score (nSPS) is 13.8. The summed E-state index contributed by atoms with van der Waals surface area (Å²) in [7, 11) is 2.19. The molecule has 1 fully saturated rings. The molecule has 1 aromatic heterocycles. The quantitative estimate of drug-likeness (QED) is 0.0524. The zero-order valence-electron chi connectivity index (χ0n) is 35.4. The van der Waals surface area contributed by atoms with E-state index < -0.39 is 11.9 Å². The van der Waals surface area contributed by atoms with Crippen molar-refractivity contribution < 1.29 is 19.8 Å². The van der Waals surface area contributed by atoms with E-state index in [4.69, 9.17) is 0 Å². The summed E-state index contributed by atoms with van der Waals surface area (Å²) in [5.41, 5.74) is 1.36. The number of hydrogen-bond donors (Lipinski definition) is 0. The molecule has 0 spiro atoms. The van der Waals surface area contributed by atoms with E-state index >= 15 is 0 Å². The monoisotopic (exact) mass is 753 g/mol. The summed E-state index contributed by atoms with van der Waals surface area (Å²) in [6.07, 6.45) is 46.1. The number of nitrogens with zero attached hydrogens (tertiary/aromatic N) is 2. The van der Waals surface area contributed by atoms with Crippen LogP contribution in [-0.2, 0) is 9.59 Å². The molecule has 1 aromatic rings. The van der Waals surface area contributed by atoms with Gasteiger partial charge in [-0.15, -0.1) is 0 Å². The fraction of sp³-hybridized carbons (Fsp3) is 0.848. The van der Waals surface area contributed by atoms with Gasteiger partial charge < -0.3 is 19.8 Å². The zero-order valence-corrected chi connectivity index (χ0v) is 36.8. The van der Waals surface area contributed by atoms with E-state index in [0.29, 0.717) is 6.04 Å². The molecule has 0 saturated carbocycles. The summed E-state index contributed by atoms with van der Waals surface area (Å²) >= 11 is 0. The maximum absolute atomic E-state index is 10.2. The number of carbonyl (C=O) groups is 2. The van der Waals surface area contributed by atoms with Gasteiger partial charge in [0.15, 0.2) is 0 Å².